The molecule has 1 aliphatic rings. The third kappa shape index (κ3) is 3.90. The number of nitrogens with one attached hydrogen (secondary N) is 1. The third-order valence-corrected chi connectivity index (χ3v) is 3.68. The van der Waals surface area contributed by atoms with Crippen molar-refractivity contribution >= 4 is 28.7 Å². The van der Waals surface area contributed by atoms with Crippen LogP contribution in [0, 0.1) is 5.92 Å². The van der Waals surface area contributed by atoms with Crippen LogP contribution in [0.3, 0.4) is 0 Å². The highest BCUT2D eigenvalue weighted by Gasteiger charge is 2.25. The highest BCUT2D eigenvalue weighted by Crippen LogP contribution is 2.27. The van der Waals surface area contributed by atoms with Gasteiger partial charge in [-0.25, -0.2) is 0 Å². The first-order valence-corrected chi connectivity index (χ1v) is 6.85. The van der Waals surface area contributed by atoms with Crippen LogP contribution in [-0.2, 0) is 0 Å². The van der Waals surface area contributed by atoms with Crippen molar-refractivity contribution in [2.24, 2.45) is 11.7 Å². The zero-order chi connectivity index (χ0) is 13.7. The summed E-state index contributed by atoms with van der Waals surface area (Å²) in [5.41, 5.74) is 6.28. The fourth-order valence-corrected chi connectivity index (χ4v) is 2.67. The Labute approximate surface area is 129 Å². The summed E-state index contributed by atoms with van der Waals surface area (Å²) in [5, 5.41) is 2.55. The van der Waals surface area contributed by atoms with Crippen LogP contribution in [0.2, 0.25) is 0 Å². The molecule has 1 aliphatic carbocycles. The Morgan fingerprint density at radius 2 is 1.70 bits per heavy atom. The van der Waals surface area contributed by atoms with E-state index in [4.69, 9.17) is 5.73 Å². The van der Waals surface area contributed by atoms with Gasteiger partial charge in [0.15, 0.2) is 5.78 Å². The molecule has 1 aromatic rings. The van der Waals surface area contributed by atoms with Crippen molar-refractivity contribution in [3.8, 4) is 0 Å². The van der Waals surface area contributed by atoms with Crippen LogP contribution in [-0.4, -0.2) is 18.4 Å². The molecule has 1 amide bonds. The minimum absolute atomic E-state index is 0. The highest BCUT2D eigenvalue weighted by atomic mass is 79.9. The van der Waals surface area contributed by atoms with E-state index in [2.05, 4.69) is 5.32 Å². The molecule has 5 heteroatoms. The summed E-state index contributed by atoms with van der Waals surface area (Å²) >= 11 is 0. The molecule has 1 saturated carbocycles. The lowest BCUT2D eigenvalue weighted by molar-refractivity contribution is 0.0874. The second-order valence-corrected chi connectivity index (χ2v) is 4.95. The Morgan fingerprint density at radius 1 is 1.10 bits per heavy atom. The molecule has 0 heterocycles. The molecule has 0 saturated heterocycles. The van der Waals surface area contributed by atoms with Crippen molar-refractivity contribution < 1.29 is 9.59 Å². The number of carbonyl (C=O) groups is 2. The first-order valence-electron chi connectivity index (χ1n) is 6.85. The smallest absolute Gasteiger partial charge is 0.253 e. The Morgan fingerprint density at radius 3 is 2.30 bits per heavy atom. The monoisotopic (exact) mass is 340 g/mol. The van der Waals surface area contributed by atoms with Crippen molar-refractivity contribution in [3.05, 3.63) is 35.4 Å². The van der Waals surface area contributed by atoms with Crippen LogP contribution < -0.4 is 11.1 Å². The zero-order valence-corrected chi connectivity index (χ0v) is 13.1. The summed E-state index contributed by atoms with van der Waals surface area (Å²) < 4.78 is 0. The predicted octanol–water partition coefficient (Wildman–Crippen LogP) is 2.67. The molecule has 0 bridgehead atoms. The lowest BCUT2D eigenvalue weighted by atomic mass is 9.83. The summed E-state index contributed by atoms with van der Waals surface area (Å²) in [7, 11) is 0. The maximum atomic E-state index is 12.5. The van der Waals surface area contributed by atoms with Crippen LogP contribution in [0.4, 0.5) is 0 Å². The minimum Gasteiger partial charge on any atom is -0.340 e. The number of rotatable bonds is 4. The predicted molar refractivity (Wildman–Crippen MR) is 84.2 cm³/mol. The number of benzene rings is 1. The van der Waals surface area contributed by atoms with Crippen LogP contribution in [0.1, 0.15) is 52.8 Å². The van der Waals surface area contributed by atoms with Gasteiger partial charge < -0.3 is 11.1 Å². The number of amides is 1. The Hall–Kier alpha value is -1.20. The Kier molecular flexibility index (Phi) is 6.88. The van der Waals surface area contributed by atoms with E-state index in [0.29, 0.717) is 11.1 Å². The molecular formula is C15H21BrN2O2. The molecule has 2 rings (SSSR count). The number of carbonyl (C=O) groups excluding carboxylic acids is 2. The van der Waals surface area contributed by atoms with Gasteiger partial charge in [0.25, 0.3) is 5.91 Å². The first kappa shape index (κ1) is 16.9. The van der Waals surface area contributed by atoms with E-state index in [1.54, 1.807) is 24.3 Å². The van der Waals surface area contributed by atoms with Gasteiger partial charge in [-0.2, -0.15) is 0 Å². The van der Waals surface area contributed by atoms with Gasteiger partial charge in [0.1, 0.15) is 0 Å². The van der Waals surface area contributed by atoms with E-state index in [-0.39, 0.29) is 41.3 Å². The molecule has 0 radical (unpaired) electrons. The fraction of sp³-hybridized carbons (Fsp3) is 0.467. The van der Waals surface area contributed by atoms with Crippen LogP contribution >= 0.6 is 17.0 Å². The molecule has 0 atom stereocenters. The van der Waals surface area contributed by atoms with Gasteiger partial charge in [0.05, 0.1) is 12.2 Å². The average molecular weight is 341 g/mol. The number of halogens is 1. The van der Waals surface area contributed by atoms with E-state index in [9.17, 15) is 9.59 Å². The van der Waals surface area contributed by atoms with E-state index in [1.165, 1.54) is 6.42 Å². The molecule has 1 fully saturated rings. The topological polar surface area (TPSA) is 72.2 Å². The maximum absolute atomic E-state index is 12.5. The summed E-state index contributed by atoms with van der Waals surface area (Å²) in [4.78, 5) is 24.4. The quantitative estimate of drug-likeness (QED) is 0.653. The Bertz CT molecular complexity index is 471. The number of ketones is 1. The van der Waals surface area contributed by atoms with E-state index < -0.39 is 0 Å². The molecule has 0 spiro atoms. The number of nitrogens with two attached hydrogens (primary N) is 1. The van der Waals surface area contributed by atoms with Gasteiger partial charge in [-0.3, -0.25) is 9.59 Å². The van der Waals surface area contributed by atoms with Crippen LogP contribution in [0.15, 0.2) is 24.3 Å². The van der Waals surface area contributed by atoms with Gasteiger partial charge in [-0.1, -0.05) is 37.5 Å². The summed E-state index contributed by atoms with van der Waals surface area (Å²) in [6.45, 7) is 0.0742. The molecule has 1 aromatic carbocycles. The second-order valence-electron chi connectivity index (χ2n) is 4.95. The van der Waals surface area contributed by atoms with Gasteiger partial charge in [0.2, 0.25) is 0 Å². The maximum Gasteiger partial charge on any atom is 0.253 e. The highest BCUT2D eigenvalue weighted by molar-refractivity contribution is 8.93. The lowest BCUT2D eigenvalue weighted by Gasteiger charge is -2.21. The van der Waals surface area contributed by atoms with E-state index >= 15 is 0 Å². The van der Waals surface area contributed by atoms with Crippen LogP contribution in [0.25, 0.3) is 0 Å². The first-order chi connectivity index (χ1) is 9.24. The normalized spacial score (nSPS) is 15.2. The SMILES string of the molecule is Br.NCNC(=O)c1ccccc1C(=O)C1CCCCC1. The average Bonchev–Trinajstić information content (AvgIpc) is 2.47. The van der Waals surface area contributed by atoms with Crippen molar-refractivity contribution in [2.45, 2.75) is 32.1 Å². The molecule has 110 valence electrons. The number of hydrogen-bond acceptors (Lipinski definition) is 3. The van der Waals surface area contributed by atoms with Gasteiger partial charge in [-0.05, 0) is 18.9 Å². The van der Waals surface area contributed by atoms with E-state index in [1.807, 2.05) is 0 Å². The Balaban J connectivity index is 0.00000200. The van der Waals surface area contributed by atoms with Crippen molar-refractivity contribution in [1.29, 1.82) is 0 Å². The molecule has 4 nitrogen and oxygen atoms in total. The van der Waals surface area contributed by atoms with Gasteiger partial charge in [-0.15, -0.1) is 17.0 Å². The van der Waals surface area contributed by atoms with E-state index in [0.717, 1.165) is 25.7 Å². The largest absolute Gasteiger partial charge is 0.340 e. The van der Waals surface area contributed by atoms with Gasteiger partial charge >= 0.3 is 0 Å². The van der Waals surface area contributed by atoms with Crippen molar-refractivity contribution in [3.63, 3.8) is 0 Å². The molecule has 3 N–H and O–H groups in total. The summed E-state index contributed by atoms with van der Waals surface area (Å²) in [5.74, 6) is -0.106. The second kappa shape index (κ2) is 8.17. The standard InChI is InChI=1S/C15H20N2O2.BrH/c16-10-17-15(19)13-9-5-4-8-12(13)14(18)11-6-2-1-3-7-11;/h4-5,8-9,11H,1-3,6-7,10,16H2,(H,17,19);1H. The lowest BCUT2D eigenvalue weighted by Crippen LogP contribution is -2.31. The molecule has 0 aliphatic heterocycles. The zero-order valence-electron chi connectivity index (χ0n) is 11.4. The number of Topliss-reactive ketones (excluding diaryl/α,β-unsaturated/α-hetero) is 1. The summed E-state index contributed by atoms with van der Waals surface area (Å²) in [6, 6.07) is 6.99. The molecule has 20 heavy (non-hydrogen) atoms. The van der Waals surface area contributed by atoms with Crippen LogP contribution in [0.5, 0.6) is 0 Å². The molecular weight excluding hydrogens is 320 g/mol. The fourth-order valence-electron chi connectivity index (χ4n) is 2.67. The summed E-state index contributed by atoms with van der Waals surface area (Å²) in [6.07, 6.45) is 5.29. The molecule has 0 aromatic heterocycles. The van der Waals surface area contributed by atoms with Crippen molar-refractivity contribution in [2.75, 3.05) is 6.67 Å². The van der Waals surface area contributed by atoms with Gasteiger partial charge in [0, 0.05) is 11.5 Å². The molecule has 0 unspecified atom stereocenters. The van der Waals surface area contributed by atoms with Crippen molar-refractivity contribution in [1.82, 2.24) is 5.32 Å². The number of hydrogen-bond donors (Lipinski definition) is 2. The third-order valence-electron chi connectivity index (χ3n) is 3.68. The minimum atomic E-state index is -0.276.